The minimum absolute atomic E-state index is 0.415. The van der Waals surface area contributed by atoms with E-state index in [2.05, 4.69) is 15.9 Å². The summed E-state index contributed by atoms with van der Waals surface area (Å²) in [7, 11) is 0. The van der Waals surface area contributed by atoms with E-state index in [1.165, 1.54) is 0 Å². The van der Waals surface area contributed by atoms with E-state index in [0.29, 0.717) is 11.3 Å². The Balaban J connectivity index is 2.47. The highest BCUT2D eigenvalue weighted by Crippen LogP contribution is 2.21. The fraction of sp³-hybridized carbons (Fsp3) is 0.100. The van der Waals surface area contributed by atoms with Crippen LogP contribution < -0.4 is 4.74 Å². The van der Waals surface area contributed by atoms with Crippen LogP contribution in [0.5, 0.6) is 5.75 Å². The van der Waals surface area contributed by atoms with Crippen molar-refractivity contribution in [3.05, 3.63) is 30.6 Å². The van der Waals surface area contributed by atoms with Crippen LogP contribution in [0, 0.1) is 0 Å². The molecule has 1 N–H and O–H groups in total. The summed E-state index contributed by atoms with van der Waals surface area (Å²) < 4.78 is 6.37. The zero-order chi connectivity index (χ0) is 10.8. The molecule has 0 aliphatic rings. The van der Waals surface area contributed by atoms with Crippen molar-refractivity contribution < 1.29 is 14.6 Å². The first kappa shape index (κ1) is 10.0. The Morgan fingerprint density at radius 2 is 2.13 bits per heavy atom. The molecule has 5 heteroatoms. The fourth-order valence-corrected chi connectivity index (χ4v) is 1.65. The molecule has 78 valence electrons. The Bertz CT molecular complexity index is 506. The molecular weight excluding hydrogens is 262 g/mol. The number of ether oxygens (including phenoxy) is 1. The molecule has 0 fully saturated rings. The van der Waals surface area contributed by atoms with Crippen LogP contribution in [0.4, 0.5) is 4.79 Å². The molecule has 4 nitrogen and oxygen atoms in total. The number of carboxylic acid groups (broad SMARTS) is 1. The van der Waals surface area contributed by atoms with Gasteiger partial charge in [-0.1, -0.05) is 0 Å². The molecule has 1 aromatic carbocycles. The van der Waals surface area contributed by atoms with Gasteiger partial charge in [0.1, 0.15) is 11.3 Å². The number of carbonyl (C=O) groups is 1. The molecule has 2 rings (SSSR count). The number of halogens is 1. The highest BCUT2D eigenvalue weighted by molar-refractivity contribution is 9.09. The van der Waals surface area contributed by atoms with Crippen LogP contribution in [-0.4, -0.2) is 21.3 Å². The SMILES string of the molecule is O=C(O)n1cc2ccc(OCBr)cc2c1. The van der Waals surface area contributed by atoms with E-state index in [4.69, 9.17) is 9.84 Å². The van der Waals surface area contributed by atoms with Gasteiger partial charge >= 0.3 is 6.09 Å². The topological polar surface area (TPSA) is 51.5 Å². The normalized spacial score (nSPS) is 10.5. The second kappa shape index (κ2) is 3.94. The molecule has 0 amide bonds. The smallest absolute Gasteiger partial charge is 0.415 e. The van der Waals surface area contributed by atoms with Crippen LogP contribution >= 0.6 is 15.9 Å². The Labute approximate surface area is 94.2 Å². The zero-order valence-electron chi connectivity index (χ0n) is 7.68. The average molecular weight is 270 g/mol. The van der Waals surface area contributed by atoms with Crippen molar-refractivity contribution in [1.29, 1.82) is 0 Å². The highest BCUT2D eigenvalue weighted by Gasteiger charge is 2.04. The van der Waals surface area contributed by atoms with Crippen LogP contribution in [0.15, 0.2) is 30.6 Å². The van der Waals surface area contributed by atoms with Crippen LogP contribution in [0.2, 0.25) is 0 Å². The summed E-state index contributed by atoms with van der Waals surface area (Å²) in [5.41, 5.74) is 0.415. The summed E-state index contributed by atoms with van der Waals surface area (Å²) in [6, 6.07) is 5.43. The molecule has 15 heavy (non-hydrogen) atoms. The van der Waals surface area contributed by atoms with Gasteiger partial charge in [-0.05, 0) is 34.1 Å². The van der Waals surface area contributed by atoms with Crippen molar-refractivity contribution in [3.63, 3.8) is 0 Å². The van der Waals surface area contributed by atoms with Crippen molar-refractivity contribution >= 4 is 32.8 Å². The second-order valence-electron chi connectivity index (χ2n) is 2.99. The Morgan fingerprint density at radius 3 is 2.80 bits per heavy atom. The molecular formula is C10H8BrNO3. The largest absolute Gasteiger partial charge is 0.482 e. The molecule has 0 bridgehead atoms. The molecule has 0 radical (unpaired) electrons. The predicted molar refractivity (Wildman–Crippen MR) is 59.8 cm³/mol. The van der Waals surface area contributed by atoms with Crippen molar-refractivity contribution in [2.24, 2.45) is 0 Å². The quantitative estimate of drug-likeness (QED) is 0.853. The van der Waals surface area contributed by atoms with E-state index >= 15 is 0 Å². The minimum Gasteiger partial charge on any atom is -0.482 e. The Hall–Kier alpha value is -1.49. The van der Waals surface area contributed by atoms with Gasteiger partial charge in [0.2, 0.25) is 0 Å². The van der Waals surface area contributed by atoms with Crippen molar-refractivity contribution in [2.75, 3.05) is 5.52 Å². The summed E-state index contributed by atoms with van der Waals surface area (Å²) >= 11 is 3.16. The zero-order valence-corrected chi connectivity index (χ0v) is 9.27. The first-order valence-electron chi connectivity index (χ1n) is 4.24. The second-order valence-corrected chi connectivity index (χ2v) is 3.45. The van der Waals surface area contributed by atoms with Gasteiger partial charge in [0, 0.05) is 23.2 Å². The van der Waals surface area contributed by atoms with E-state index in [0.717, 1.165) is 15.3 Å². The molecule has 1 aromatic heterocycles. The molecule has 0 aliphatic carbocycles. The number of rotatable bonds is 2. The average Bonchev–Trinajstić information content (AvgIpc) is 2.61. The number of nitrogens with zero attached hydrogens (tertiary/aromatic N) is 1. The number of benzene rings is 1. The van der Waals surface area contributed by atoms with E-state index in [9.17, 15) is 4.79 Å². The molecule has 0 saturated carbocycles. The predicted octanol–water partition coefficient (Wildman–Crippen LogP) is 2.90. The van der Waals surface area contributed by atoms with Crippen LogP contribution in [0.3, 0.4) is 0 Å². The maximum Gasteiger partial charge on any atom is 0.415 e. The Kier molecular flexibility index (Phi) is 2.64. The van der Waals surface area contributed by atoms with E-state index < -0.39 is 6.09 Å². The van der Waals surface area contributed by atoms with Crippen molar-refractivity contribution in [1.82, 2.24) is 4.57 Å². The first-order chi connectivity index (χ1) is 7.20. The number of fused-ring (bicyclic) bond motifs is 1. The molecule has 0 unspecified atom stereocenters. The number of alkyl halides is 1. The van der Waals surface area contributed by atoms with Gasteiger partial charge in [0.15, 0.2) is 0 Å². The molecule has 1 heterocycles. The van der Waals surface area contributed by atoms with Gasteiger partial charge in [-0.15, -0.1) is 0 Å². The van der Waals surface area contributed by atoms with Crippen LogP contribution in [-0.2, 0) is 0 Å². The number of hydrogen-bond acceptors (Lipinski definition) is 2. The van der Waals surface area contributed by atoms with Gasteiger partial charge in [-0.25, -0.2) is 4.79 Å². The van der Waals surface area contributed by atoms with Crippen molar-refractivity contribution in [2.45, 2.75) is 0 Å². The third kappa shape index (κ3) is 1.97. The number of aromatic nitrogens is 1. The van der Waals surface area contributed by atoms with Crippen molar-refractivity contribution in [3.8, 4) is 5.75 Å². The fourth-order valence-electron chi connectivity index (χ4n) is 1.38. The van der Waals surface area contributed by atoms with E-state index in [1.54, 1.807) is 24.5 Å². The van der Waals surface area contributed by atoms with Gasteiger partial charge in [0.25, 0.3) is 0 Å². The standard InChI is InChI=1S/C10H8BrNO3/c11-6-15-9-2-1-7-4-12(10(13)14)5-8(7)3-9/h1-5H,6H2,(H,13,14). The monoisotopic (exact) mass is 269 g/mol. The molecule has 0 spiro atoms. The highest BCUT2D eigenvalue weighted by atomic mass is 79.9. The number of hydrogen-bond donors (Lipinski definition) is 1. The molecule has 0 atom stereocenters. The van der Waals surface area contributed by atoms with Crippen LogP contribution in [0.1, 0.15) is 0 Å². The van der Waals surface area contributed by atoms with E-state index in [1.807, 2.05) is 6.07 Å². The summed E-state index contributed by atoms with van der Waals surface area (Å²) in [5, 5.41) is 10.5. The summed E-state index contributed by atoms with van der Waals surface area (Å²) in [4.78, 5) is 10.7. The summed E-state index contributed by atoms with van der Waals surface area (Å²) in [6.45, 7) is 0. The van der Waals surface area contributed by atoms with Gasteiger partial charge in [-0.3, -0.25) is 4.57 Å². The Morgan fingerprint density at radius 1 is 1.40 bits per heavy atom. The van der Waals surface area contributed by atoms with Crippen LogP contribution in [0.25, 0.3) is 10.8 Å². The maximum atomic E-state index is 10.7. The lowest BCUT2D eigenvalue weighted by Gasteiger charge is -2.00. The van der Waals surface area contributed by atoms with E-state index in [-0.39, 0.29) is 0 Å². The molecule has 2 aromatic rings. The van der Waals surface area contributed by atoms with Gasteiger partial charge < -0.3 is 9.84 Å². The first-order valence-corrected chi connectivity index (χ1v) is 5.36. The third-order valence-corrected chi connectivity index (χ3v) is 2.29. The lowest BCUT2D eigenvalue weighted by Crippen LogP contribution is -2.03. The van der Waals surface area contributed by atoms with Gasteiger partial charge in [-0.2, -0.15) is 0 Å². The molecule has 0 aliphatic heterocycles. The summed E-state index contributed by atoms with van der Waals surface area (Å²) in [6.07, 6.45) is 2.13. The lowest BCUT2D eigenvalue weighted by atomic mass is 10.2. The third-order valence-electron chi connectivity index (χ3n) is 2.06. The summed E-state index contributed by atoms with van der Waals surface area (Å²) in [5.74, 6) is 0.711. The van der Waals surface area contributed by atoms with Gasteiger partial charge in [0.05, 0.1) is 0 Å². The minimum atomic E-state index is -0.992. The molecule has 0 saturated heterocycles. The maximum absolute atomic E-state index is 10.7. The lowest BCUT2D eigenvalue weighted by molar-refractivity contribution is 0.196.